The molecule has 3 fully saturated rings. The van der Waals surface area contributed by atoms with Gasteiger partial charge in [0.1, 0.15) is 17.1 Å². The molecule has 2 saturated heterocycles. The summed E-state index contributed by atoms with van der Waals surface area (Å²) in [5.41, 5.74) is 0.974. The van der Waals surface area contributed by atoms with Gasteiger partial charge < -0.3 is 15.3 Å². The average molecular weight is 487 g/mol. The maximum atomic E-state index is 12.8. The first kappa shape index (κ1) is 22.0. The molecule has 0 unspecified atom stereocenters. The van der Waals surface area contributed by atoms with Crippen LogP contribution in [0.15, 0.2) is 52.3 Å². The van der Waals surface area contributed by atoms with E-state index in [4.69, 9.17) is 0 Å². The van der Waals surface area contributed by atoms with E-state index in [1.54, 1.807) is 30.6 Å². The summed E-state index contributed by atoms with van der Waals surface area (Å²) in [6.45, 7) is 0.662. The summed E-state index contributed by atoms with van der Waals surface area (Å²) < 4.78 is 0. The van der Waals surface area contributed by atoms with Crippen LogP contribution in [0.5, 0.6) is 0 Å². The van der Waals surface area contributed by atoms with Crippen LogP contribution in [-0.2, 0) is 19.2 Å². The Balaban J connectivity index is 1.27. The molecule has 11 heteroatoms. The highest BCUT2D eigenvalue weighted by atomic mass is 32.2. The molecular weight excluding hydrogens is 464 g/mol. The fourth-order valence-electron chi connectivity index (χ4n) is 4.27. The minimum atomic E-state index is -1.21. The van der Waals surface area contributed by atoms with E-state index >= 15 is 0 Å². The molecule has 0 spiro atoms. The van der Waals surface area contributed by atoms with Crippen LogP contribution in [0.3, 0.4) is 0 Å². The van der Waals surface area contributed by atoms with E-state index < -0.39 is 23.3 Å². The lowest BCUT2D eigenvalue weighted by molar-refractivity contribution is -0.150. The Morgan fingerprint density at radius 2 is 2.03 bits per heavy atom. The Bertz CT molecular complexity index is 1090. The molecule has 9 nitrogen and oxygen atoms in total. The number of amides is 3. The quantitative estimate of drug-likeness (QED) is 0.336. The molecule has 5 rings (SSSR count). The van der Waals surface area contributed by atoms with Gasteiger partial charge in [-0.3, -0.25) is 24.3 Å². The van der Waals surface area contributed by atoms with Crippen molar-refractivity contribution in [2.75, 3.05) is 18.1 Å². The molecule has 0 radical (unpaired) electrons. The number of allylic oxidation sites excluding steroid dienone is 1. The van der Waals surface area contributed by atoms with E-state index in [9.17, 15) is 24.3 Å². The molecule has 0 aromatic carbocycles. The topological polar surface area (TPSA) is 120 Å². The van der Waals surface area contributed by atoms with Crippen molar-refractivity contribution in [1.29, 1.82) is 0 Å². The fourth-order valence-corrected chi connectivity index (χ4v) is 6.27. The van der Waals surface area contributed by atoms with Gasteiger partial charge in [-0.2, -0.15) is 0 Å². The van der Waals surface area contributed by atoms with E-state index in [1.165, 1.54) is 28.4 Å². The number of thioether (sulfide) groups is 2. The first-order valence-corrected chi connectivity index (χ1v) is 12.7. The number of nitrogens with zero attached hydrogens (tertiary/aromatic N) is 3. The molecule has 1 saturated carbocycles. The maximum Gasteiger partial charge on any atom is 0.352 e. The van der Waals surface area contributed by atoms with Gasteiger partial charge in [-0.15, -0.1) is 23.5 Å². The van der Waals surface area contributed by atoms with Crippen molar-refractivity contribution in [2.24, 2.45) is 0 Å². The molecule has 3 aliphatic heterocycles. The van der Waals surface area contributed by atoms with Gasteiger partial charge in [-0.25, -0.2) is 4.79 Å². The highest BCUT2D eigenvalue weighted by molar-refractivity contribution is 8.00. The molecule has 1 aromatic heterocycles. The van der Waals surface area contributed by atoms with Crippen LogP contribution >= 0.6 is 23.5 Å². The Morgan fingerprint density at radius 3 is 2.73 bits per heavy atom. The predicted molar refractivity (Wildman–Crippen MR) is 122 cm³/mol. The zero-order valence-corrected chi connectivity index (χ0v) is 19.2. The monoisotopic (exact) mass is 486 g/mol. The number of rotatable bonds is 7. The number of nitrogens with one attached hydrogen (secondary N) is 1. The van der Waals surface area contributed by atoms with Gasteiger partial charge in [0.25, 0.3) is 5.91 Å². The first-order valence-electron chi connectivity index (χ1n) is 10.7. The normalized spacial score (nSPS) is 25.9. The molecule has 172 valence electrons. The molecule has 4 heterocycles. The summed E-state index contributed by atoms with van der Waals surface area (Å²) >= 11 is 2.73. The summed E-state index contributed by atoms with van der Waals surface area (Å²) in [4.78, 5) is 57.8. The zero-order valence-electron chi connectivity index (χ0n) is 17.6. The summed E-state index contributed by atoms with van der Waals surface area (Å²) in [6, 6.07) is 3.15. The number of likely N-dealkylation sites (tertiary alicyclic amines) is 1. The molecular formula is C22H22N4O5S2. The molecule has 3 amide bonds. The van der Waals surface area contributed by atoms with Crippen LogP contribution in [0.25, 0.3) is 0 Å². The largest absolute Gasteiger partial charge is 0.477 e. The van der Waals surface area contributed by atoms with Gasteiger partial charge in [-0.1, -0.05) is 0 Å². The summed E-state index contributed by atoms with van der Waals surface area (Å²) in [7, 11) is 0. The van der Waals surface area contributed by atoms with Crippen LogP contribution in [0.2, 0.25) is 0 Å². The van der Waals surface area contributed by atoms with Gasteiger partial charge in [-0.05, 0) is 43.0 Å². The van der Waals surface area contributed by atoms with Crippen LogP contribution in [0.4, 0.5) is 0 Å². The van der Waals surface area contributed by atoms with Gasteiger partial charge in [0, 0.05) is 41.2 Å². The highest BCUT2D eigenvalue weighted by Gasteiger charge is 2.54. The van der Waals surface area contributed by atoms with Crippen molar-refractivity contribution in [3.8, 4) is 0 Å². The second-order valence-electron chi connectivity index (χ2n) is 8.25. The summed E-state index contributed by atoms with van der Waals surface area (Å²) in [5, 5.41) is 12.1. The van der Waals surface area contributed by atoms with E-state index in [0.29, 0.717) is 35.9 Å². The van der Waals surface area contributed by atoms with Gasteiger partial charge in [0.2, 0.25) is 11.8 Å². The first-order chi connectivity index (χ1) is 15.9. The molecule has 2 N–H and O–H groups in total. The Kier molecular flexibility index (Phi) is 5.92. The highest BCUT2D eigenvalue weighted by Crippen LogP contribution is 2.41. The standard InChI is InChI=1S/C22H22N4O5S2/c27-16(11-32-15-3-6-23-7-4-15)24-17-20(29)26-18(22(30)31)13(10-33-21(17)26)9-12-5-8-25(19(12)28)14-1-2-14/h3-4,6-7,9,14,17,21H,1-2,5,8,10-11H2,(H,24,27)(H,30,31)/t17-,21-/m1/s1. The Labute approximate surface area is 198 Å². The van der Waals surface area contributed by atoms with Gasteiger partial charge in [0.05, 0.1) is 5.75 Å². The molecule has 4 aliphatic rings. The third-order valence-electron chi connectivity index (χ3n) is 6.03. The predicted octanol–water partition coefficient (Wildman–Crippen LogP) is 1.23. The minimum absolute atomic E-state index is 0.0337. The van der Waals surface area contributed by atoms with Crippen molar-refractivity contribution in [3.05, 3.63) is 47.4 Å². The second-order valence-corrected chi connectivity index (χ2v) is 10.4. The lowest BCUT2D eigenvalue weighted by Gasteiger charge is -2.49. The number of pyridine rings is 1. The van der Waals surface area contributed by atoms with E-state index in [0.717, 1.165) is 17.7 Å². The molecule has 1 aromatic rings. The lowest BCUT2D eigenvalue weighted by atomic mass is 10.0. The fraction of sp³-hybridized carbons (Fsp3) is 0.409. The van der Waals surface area contributed by atoms with Crippen molar-refractivity contribution in [3.63, 3.8) is 0 Å². The van der Waals surface area contributed by atoms with Crippen LogP contribution in [-0.4, -0.2) is 79.1 Å². The maximum absolute atomic E-state index is 12.8. The number of aliphatic carboxylic acids is 1. The number of carbonyl (C=O) groups excluding carboxylic acids is 3. The van der Waals surface area contributed by atoms with Gasteiger partial charge in [0.15, 0.2) is 0 Å². The van der Waals surface area contributed by atoms with Crippen molar-refractivity contribution in [2.45, 2.75) is 41.6 Å². The molecule has 33 heavy (non-hydrogen) atoms. The zero-order chi connectivity index (χ0) is 23.1. The number of hydrogen-bond acceptors (Lipinski definition) is 7. The number of carboxylic acid groups (broad SMARTS) is 1. The molecule has 2 atom stereocenters. The van der Waals surface area contributed by atoms with E-state index in [1.807, 2.05) is 4.90 Å². The van der Waals surface area contributed by atoms with Crippen LogP contribution in [0.1, 0.15) is 19.3 Å². The molecule has 0 bridgehead atoms. The van der Waals surface area contributed by atoms with Crippen molar-refractivity contribution in [1.82, 2.24) is 20.1 Å². The lowest BCUT2D eigenvalue weighted by Crippen LogP contribution is -2.70. The summed E-state index contributed by atoms with van der Waals surface area (Å²) in [6.07, 6.45) is 7.57. The van der Waals surface area contributed by atoms with Crippen LogP contribution in [0, 0.1) is 0 Å². The second kappa shape index (κ2) is 8.86. The van der Waals surface area contributed by atoms with Crippen molar-refractivity contribution >= 4 is 47.2 Å². The number of fused-ring (bicyclic) bond motifs is 1. The summed E-state index contributed by atoms with van der Waals surface area (Å²) in [5.74, 6) is -1.48. The van der Waals surface area contributed by atoms with E-state index in [2.05, 4.69) is 10.3 Å². The number of carboxylic acids is 1. The number of aromatic nitrogens is 1. The van der Waals surface area contributed by atoms with Crippen LogP contribution < -0.4 is 5.32 Å². The SMILES string of the molecule is O=C(CSc1ccncc1)N[C@@H]1C(=O)N2C(C(=O)O)=C(C=C3CCN(C4CC4)C3=O)CS[C@H]12. The average Bonchev–Trinajstić information content (AvgIpc) is 3.59. The molecule has 1 aliphatic carbocycles. The number of β-lactam (4-membered cyclic amide) rings is 1. The third-order valence-corrected chi connectivity index (χ3v) is 8.34. The Hall–Kier alpha value is -2.79. The number of carbonyl (C=O) groups is 4. The minimum Gasteiger partial charge on any atom is -0.477 e. The van der Waals surface area contributed by atoms with E-state index in [-0.39, 0.29) is 23.3 Å². The van der Waals surface area contributed by atoms with Crippen molar-refractivity contribution < 1.29 is 24.3 Å². The third kappa shape index (κ3) is 4.26. The Morgan fingerprint density at radius 1 is 1.27 bits per heavy atom. The smallest absolute Gasteiger partial charge is 0.352 e. The van der Waals surface area contributed by atoms with Gasteiger partial charge >= 0.3 is 5.97 Å². The number of hydrogen-bond donors (Lipinski definition) is 2.